The van der Waals surface area contributed by atoms with Crippen molar-refractivity contribution in [3.63, 3.8) is 0 Å². The van der Waals surface area contributed by atoms with Crippen LogP contribution in [0.1, 0.15) is 29.7 Å². The van der Waals surface area contributed by atoms with Gasteiger partial charge in [0.2, 0.25) is 0 Å². The molecule has 2 aromatic rings. The van der Waals surface area contributed by atoms with Gasteiger partial charge in [-0.05, 0) is 48.6 Å². The molecule has 110 valence electrons. The highest BCUT2D eigenvalue weighted by Crippen LogP contribution is 2.26. The van der Waals surface area contributed by atoms with Crippen LogP contribution in [0.25, 0.3) is 0 Å². The molecule has 1 aliphatic rings. The lowest BCUT2D eigenvalue weighted by molar-refractivity contribution is 0.184. The van der Waals surface area contributed by atoms with Gasteiger partial charge < -0.3 is 5.73 Å². The summed E-state index contributed by atoms with van der Waals surface area (Å²) in [4.78, 5) is 6.65. The lowest BCUT2D eigenvalue weighted by Gasteiger charge is -2.33. The van der Waals surface area contributed by atoms with Gasteiger partial charge in [0.05, 0.1) is 0 Å². The molecule has 21 heavy (non-hydrogen) atoms. The molecule has 0 amide bonds. The molecule has 0 aliphatic carbocycles. The standard InChI is InChI=1S/C18H23N3/c1-14(19)18(17-6-10-20-11-7-17)21-12-8-15-4-2-3-5-16(15)9-13-21/h2-7,10-11,14,18H,8-9,12-13,19H2,1H3. The summed E-state index contributed by atoms with van der Waals surface area (Å²) >= 11 is 0. The van der Waals surface area contributed by atoms with Crippen molar-refractivity contribution in [3.8, 4) is 0 Å². The lowest BCUT2D eigenvalue weighted by atomic mass is 10.00. The van der Waals surface area contributed by atoms with Gasteiger partial charge in [-0.2, -0.15) is 0 Å². The van der Waals surface area contributed by atoms with Crippen LogP contribution < -0.4 is 5.73 Å². The second-order valence-electron chi connectivity index (χ2n) is 5.89. The van der Waals surface area contributed by atoms with Crippen LogP contribution in [0.3, 0.4) is 0 Å². The summed E-state index contributed by atoms with van der Waals surface area (Å²) in [7, 11) is 0. The van der Waals surface area contributed by atoms with Gasteiger partial charge in [-0.1, -0.05) is 24.3 Å². The first-order valence-electron chi connectivity index (χ1n) is 7.72. The molecule has 2 unspecified atom stereocenters. The fraction of sp³-hybridized carbons (Fsp3) is 0.389. The number of nitrogens with zero attached hydrogens (tertiary/aromatic N) is 2. The second-order valence-corrected chi connectivity index (χ2v) is 5.89. The zero-order chi connectivity index (χ0) is 14.7. The van der Waals surface area contributed by atoms with E-state index in [4.69, 9.17) is 5.73 Å². The molecule has 0 saturated heterocycles. The molecule has 2 heterocycles. The Hall–Kier alpha value is -1.71. The maximum atomic E-state index is 6.29. The highest BCUT2D eigenvalue weighted by Gasteiger charge is 2.25. The van der Waals surface area contributed by atoms with Crippen LogP contribution in [0.15, 0.2) is 48.8 Å². The van der Waals surface area contributed by atoms with E-state index < -0.39 is 0 Å². The molecular formula is C18H23N3. The van der Waals surface area contributed by atoms with Crippen molar-refractivity contribution in [2.75, 3.05) is 13.1 Å². The smallest absolute Gasteiger partial charge is 0.0497 e. The summed E-state index contributed by atoms with van der Waals surface area (Å²) in [6.45, 7) is 4.22. The van der Waals surface area contributed by atoms with E-state index in [0.717, 1.165) is 25.9 Å². The number of pyridine rings is 1. The van der Waals surface area contributed by atoms with Crippen molar-refractivity contribution in [1.29, 1.82) is 0 Å². The molecule has 0 radical (unpaired) electrons. The fourth-order valence-electron chi connectivity index (χ4n) is 3.37. The Labute approximate surface area is 126 Å². The molecular weight excluding hydrogens is 258 g/mol. The van der Waals surface area contributed by atoms with Gasteiger partial charge >= 0.3 is 0 Å². The number of aromatic nitrogens is 1. The van der Waals surface area contributed by atoms with Crippen LogP contribution in [0.4, 0.5) is 0 Å². The minimum absolute atomic E-state index is 0.105. The van der Waals surface area contributed by atoms with Gasteiger partial charge in [0.15, 0.2) is 0 Å². The van der Waals surface area contributed by atoms with Crippen LogP contribution in [0.2, 0.25) is 0 Å². The topological polar surface area (TPSA) is 42.1 Å². The van der Waals surface area contributed by atoms with E-state index in [0.29, 0.717) is 0 Å². The van der Waals surface area contributed by atoms with Gasteiger partial charge in [0.1, 0.15) is 0 Å². The molecule has 3 rings (SSSR count). The molecule has 0 saturated carbocycles. The molecule has 1 aromatic heterocycles. The first-order valence-corrected chi connectivity index (χ1v) is 7.72. The zero-order valence-electron chi connectivity index (χ0n) is 12.6. The Balaban J connectivity index is 1.83. The number of hydrogen-bond acceptors (Lipinski definition) is 3. The van der Waals surface area contributed by atoms with Crippen molar-refractivity contribution in [3.05, 3.63) is 65.5 Å². The van der Waals surface area contributed by atoms with Gasteiger partial charge in [-0.3, -0.25) is 9.88 Å². The fourth-order valence-corrected chi connectivity index (χ4v) is 3.37. The maximum Gasteiger partial charge on any atom is 0.0497 e. The SMILES string of the molecule is CC(N)C(c1ccncc1)N1CCc2ccccc2CC1. The Morgan fingerprint density at radius 3 is 2.10 bits per heavy atom. The normalized spacial score (nSPS) is 18.6. The van der Waals surface area contributed by atoms with E-state index in [-0.39, 0.29) is 12.1 Å². The third-order valence-corrected chi connectivity index (χ3v) is 4.39. The maximum absolute atomic E-state index is 6.29. The van der Waals surface area contributed by atoms with Crippen LogP contribution in [0.5, 0.6) is 0 Å². The molecule has 3 nitrogen and oxygen atoms in total. The molecule has 0 fully saturated rings. The third-order valence-electron chi connectivity index (χ3n) is 4.39. The molecule has 2 atom stereocenters. The quantitative estimate of drug-likeness (QED) is 0.940. The summed E-state index contributed by atoms with van der Waals surface area (Å²) in [6.07, 6.45) is 5.92. The molecule has 1 aromatic carbocycles. The van der Waals surface area contributed by atoms with E-state index in [1.165, 1.54) is 16.7 Å². The number of nitrogens with two attached hydrogens (primary N) is 1. The summed E-state index contributed by atoms with van der Waals surface area (Å²) in [5.41, 5.74) is 10.5. The molecule has 2 N–H and O–H groups in total. The summed E-state index contributed by atoms with van der Waals surface area (Å²) in [5.74, 6) is 0. The van der Waals surface area contributed by atoms with Crippen molar-refractivity contribution in [2.45, 2.75) is 31.8 Å². The Bertz CT molecular complexity index is 553. The number of hydrogen-bond donors (Lipinski definition) is 1. The predicted molar refractivity (Wildman–Crippen MR) is 86.1 cm³/mol. The monoisotopic (exact) mass is 281 g/mol. The predicted octanol–water partition coefficient (Wildman–Crippen LogP) is 2.57. The van der Waals surface area contributed by atoms with E-state index in [9.17, 15) is 0 Å². The minimum atomic E-state index is 0.105. The molecule has 0 bridgehead atoms. The third kappa shape index (κ3) is 3.14. The van der Waals surface area contributed by atoms with Crippen LogP contribution in [-0.2, 0) is 12.8 Å². The van der Waals surface area contributed by atoms with Gasteiger partial charge in [-0.15, -0.1) is 0 Å². The number of rotatable bonds is 3. The molecule has 1 aliphatic heterocycles. The summed E-state index contributed by atoms with van der Waals surface area (Å²) < 4.78 is 0. The van der Waals surface area contributed by atoms with Gasteiger partial charge in [-0.25, -0.2) is 0 Å². The van der Waals surface area contributed by atoms with Crippen LogP contribution >= 0.6 is 0 Å². The zero-order valence-corrected chi connectivity index (χ0v) is 12.6. The van der Waals surface area contributed by atoms with Gasteiger partial charge in [0.25, 0.3) is 0 Å². The first kappa shape index (κ1) is 14.2. The van der Waals surface area contributed by atoms with Crippen molar-refractivity contribution >= 4 is 0 Å². The average Bonchev–Trinajstić information content (AvgIpc) is 2.71. The molecule has 0 spiro atoms. The van der Waals surface area contributed by atoms with E-state index in [1.54, 1.807) is 0 Å². The minimum Gasteiger partial charge on any atom is -0.326 e. The summed E-state index contributed by atoms with van der Waals surface area (Å²) in [6, 6.07) is 13.3. The summed E-state index contributed by atoms with van der Waals surface area (Å²) in [5, 5.41) is 0. The van der Waals surface area contributed by atoms with E-state index >= 15 is 0 Å². The average molecular weight is 281 g/mol. The number of benzene rings is 1. The lowest BCUT2D eigenvalue weighted by Crippen LogP contribution is -2.40. The van der Waals surface area contributed by atoms with Crippen LogP contribution in [-0.4, -0.2) is 29.0 Å². The number of fused-ring (bicyclic) bond motifs is 1. The van der Waals surface area contributed by atoms with Gasteiger partial charge in [0, 0.05) is 37.6 Å². The Morgan fingerprint density at radius 2 is 1.57 bits per heavy atom. The second kappa shape index (κ2) is 6.37. The van der Waals surface area contributed by atoms with Crippen molar-refractivity contribution < 1.29 is 0 Å². The highest BCUT2D eigenvalue weighted by molar-refractivity contribution is 5.29. The van der Waals surface area contributed by atoms with Crippen molar-refractivity contribution in [1.82, 2.24) is 9.88 Å². The first-order chi connectivity index (χ1) is 10.3. The highest BCUT2D eigenvalue weighted by atomic mass is 15.2. The van der Waals surface area contributed by atoms with Crippen LogP contribution in [0, 0.1) is 0 Å². The van der Waals surface area contributed by atoms with Crippen molar-refractivity contribution in [2.24, 2.45) is 5.73 Å². The Kier molecular flexibility index (Phi) is 4.32. The molecule has 3 heteroatoms. The Morgan fingerprint density at radius 1 is 1.00 bits per heavy atom. The van der Waals surface area contributed by atoms with E-state index in [1.807, 2.05) is 12.4 Å². The largest absolute Gasteiger partial charge is 0.326 e. The van der Waals surface area contributed by atoms with E-state index in [2.05, 4.69) is 53.2 Å².